The molecule has 0 radical (unpaired) electrons. The first-order valence-electron chi connectivity index (χ1n) is 8.02. The van der Waals surface area contributed by atoms with Gasteiger partial charge in [-0.2, -0.15) is 0 Å². The number of carbonyl (C=O) groups excluding carboxylic acids is 1. The van der Waals surface area contributed by atoms with E-state index < -0.39 is 0 Å². The van der Waals surface area contributed by atoms with E-state index in [4.69, 9.17) is 5.73 Å². The van der Waals surface area contributed by atoms with Gasteiger partial charge in [-0.3, -0.25) is 4.79 Å². The number of nitrogens with one attached hydrogen (secondary N) is 1. The van der Waals surface area contributed by atoms with Crippen molar-refractivity contribution >= 4 is 11.6 Å². The molecule has 0 unspecified atom stereocenters. The molecule has 118 valence electrons. The third kappa shape index (κ3) is 6.63. The zero-order valence-electron chi connectivity index (χ0n) is 13.3. The van der Waals surface area contributed by atoms with Crippen molar-refractivity contribution in [2.75, 3.05) is 24.5 Å². The van der Waals surface area contributed by atoms with Crippen LogP contribution in [0.4, 0.5) is 5.69 Å². The van der Waals surface area contributed by atoms with E-state index in [0.717, 1.165) is 38.8 Å². The highest BCUT2D eigenvalue weighted by atomic mass is 16.2. The van der Waals surface area contributed by atoms with Crippen molar-refractivity contribution in [3.05, 3.63) is 30.3 Å². The highest BCUT2D eigenvalue weighted by Gasteiger charge is 2.11. The Morgan fingerprint density at radius 3 is 2.57 bits per heavy atom. The van der Waals surface area contributed by atoms with Gasteiger partial charge < -0.3 is 16.0 Å². The lowest BCUT2D eigenvalue weighted by Gasteiger charge is -2.23. The molecule has 0 heterocycles. The molecule has 1 aromatic rings. The largest absolute Gasteiger partial charge is 0.372 e. The molecule has 1 aromatic carbocycles. The van der Waals surface area contributed by atoms with Crippen LogP contribution in [0.2, 0.25) is 0 Å². The molecule has 4 heteroatoms. The van der Waals surface area contributed by atoms with Crippen LogP contribution in [0.5, 0.6) is 0 Å². The molecule has 21 heavy (non-hydrogen) atoms. The number of hydrogen-bond acceptors (Lipinski definition) is 3. The predicted octanol–water partition coefficient (Wildman–Crippen LogP) is 2.54. The summed E-state index contributed by atoms with van der Waals surface area (Å²) in [5.74, 6) is -0.0220. The monoisotopic (exact) mass is 291 g/mol. The standard InChI is InChI=1S/C17H29N3O/c1-3-5-12-16(18)17(21)19-13-9-14-20(4-2)15-10-7-6-8-11-15/h6-8,10-11,16H,3-5,9,12-14,18H2,1-2H3,(H,19,21)/t16-/m0/s1. The van der Waals surface area contributed by atoms with Crippen molar-refractivity contribution in [1.82, 2.24) is 5.32 Å². The number of anilines is 1. The number of rotatable bonds is 10. The Morgan fingerprint density at radius 2 is 1.95 bits per heavy atom. The summed E-state index contributed by atoms with van der Waals surface area (Å²) in [6.45, 7) is 6.83. The highest BCUT2D eigenvalue weighted by Crippen LogP contribution is 2.12. The third-order valence-electron chi connectivity index (χ3n) is 3.61. The van der Waals surface area contributed by atoms with Crippen LogP contribution >= 0.6 is 0 Å². The highest BCUT2D eigenvalue weighted by molar-refractivity contribution is 5.81. The second kappa shape index (κ2) is 10.2. The Hall–Kier alpha value is -1.55. The van der Waals surface area contributed by atoms with Crippen LogP contribution in [0.1, 0.15) is 39.5 Å². The number of amides is 1. The molecule has 0 aliphatic heterocycles. The van der Waals surface area contributed by atoms with Crippen LogP contribution in [0.25, 0.3) is 0 Å². The van der Waals surface area contributed by atoms with Gasteiger partial charge in [0, 0.05) is 25.3 Å². The number of benzene rings is 1. The van der Waals surface area contributed by atoms with E-state index in [-0.39, 0.29) is 11.9 Å². The zero-order valence-corrected chi connectivity index (χ0v) is 13.3. The van der Waals surface area contributed by atoms with E-state index in [1.165, 1.54) is 5.69 Å². The summed E-state index contributed by atoms with van der Waals surface area (Å²) in [6.07, 6.45) is 3.78. The lowest BCUT2D eigenvalue weighted by atomic mass is 10.1. The molecule has 0 fully saturated rings. The first-order valence-corrected chi connectivity index (χ1v) is 8.02. The summed E-state index contributed by atoms with van der Waals surface area (Å²) >= 11 is 0. The van der Waals surface area contributed by atoms with E-state index in [9.17, 15) is 4.79 Å². The summed E-state index contributed by atoms with van der Waals surface area (Å²) in [5, 5.41) is 2.93. The molecule has 1 rings (SSSR count). The van der Waals surface area contributed by atoms with Crippen LogP contribution in [0.3, 0.4) is 0 Å². The second-order valence-electron chi connectivity index (χ2n) is 5.31. The molecule has 0 spiro atoms. The molecule has 0 aliphatic rings. The Balaban J connectivity index is 2.25. The van der Waals surface area contributed by atoms with Crippen molar-refractivity contribution < 1.29 is 4.79 Å². The SMILES string of the molecule is CCCC[C@H](N)C(=O)NCCCN(CC)c1ccccc1. The fourth-order valence-corrected chi connectivity index (χ4v) is 2.28. The molecule has 1 atom stereocenters. The average Bonchev–Trinajstić information content (AvgIpc) is 2.53. The minimum Gasteiger partial charge on any atom is -0.372 e. The minimum atomic E-state index is -0.360. The maximum atomic E-state index is 11.8. The number of hydrogen-bond donors (Lipinski definition) is 2. The summed E-state index contributed by atoms with van der Waals surface area (Å²) in [5.41, 5.74) is 7.07. The van der Waals surface area contributed by atoms with E-state index in [2.05, 4.69) is 36.2 Å². The van der Waals surface area contributed by atoms with Gasteiger partial charge in [0.2, 0.25) is 5.91 Å². The van der Waals surface area contributed by atoms with Crippen molar-refractivity contribution in [3.63, 3.8) is 0 Å². The minimum absolute atomic E-state index is 0.0220. The lowest BCUT2D eigenvalue weighted by molar-refractivity contribution is -0.122. The van der Waals surface area contributed by atoms with E-state index in [1.54, 1.807) is 0 Å². The second-order valence-corrected chi connectivity index (χ2v) is 5.31. The van der Waals surface area contributed by atoms with E-state index in [1.807, 2.05) is 18.2 Å². The Morgan fingerprint density at radius 1 is 1.24 bits per heavy atom. The van der Waals surface area contributed by atoms with E-state index in [0.29, 0.717) is 6.54 Å². The zero-order chi connectivity index (χ0) is 15.5. The topological polar surface area (TPSA) is 58.4 Å². The van der Waals surface area contributed by atoms with Gasteiger partial charge in [0.25, 0.3) is 0 Å². The summed E-state index contributed by atoms with van der Waals surface area (Å²) in [7, 11) is 0. The Kier molecular flexibility index (Phi) is 8.51. The molecule has 0 aromatic heterocycles. The van der Waals surface area contributed by atoms with Crippen LogP contribution in [-0.2, 0) is 4.79 Å². The number of carbonyl (C=O) groups is 1. The van der Waals surface area contributed by atoms with Gasteiger partial charge in [0.1, 0.15) is 0 Å². The first-order chi connectivity index (χ1) is 10.2. The maximum Gasteiger partial charge on any atom is 0.236 e. The van der Waals surface area contributed by atoms with Crippen molar-refractivity contribution in [2.45, 2.75) is 45.6 Å². The summed E-state index contributed by atoms with van der Waals surface area (Å²) in [4.78, 5) is 14.1. The number of nitrogens with zero attached hydrogens (tertiary/aromatic N) is 1. The predicted molar refractivity (Wildman–Crippen MR) is 89.5 cm³/mol. The van der Waals surface area contributed by atoms with Gasteiger partial charge >= 0.3 is 0 Å². The lowest BCUT2D eigenvalue weighted by Crippen LogP contribution is -2.41. The Labute approximate surface area is 128 Å². The maximum absolute atomic E-state index is 11.8. The van der Waals surface area contributed by atoms with Crippen LogP contribution < -0.4 is 16.0 Å². The molecular weight excluding hydrogens is 262 g/mol. The molecule has 1 amide bonds. The molecule has 0 bridgehead atoms. The van der Waals surface area contributed by atoms with Gasteiger partial charge in [-0.25, -0.2) is 0 Å². The molecule has 0 saturated carbocycles. The van der Waals surface area contributed by atoms with Gasteiger partial charge in [-0.1, -0.05) is 38.0 Å². The first kappa shape index (κ1) is 17.5. The average molecular weight is 291 g/mol. The van der Waals surface area contributed by atoms with Crippen molar-refractivity contribution in [1.29, 1.82) is 0 Å². The van der Waals surface area contributed by atoms with Crippen LogP contribution in [0, 0.1) is 0 Å². The molecule has 0 saturated heterocycles. The number of unbranched alkanes of at least 4 members (excludes halogenated alkanes) is 1. The number of nitrogens with two attached hydrogens (primary N) is 1. The van der Waals surface area contributed by atoms with Gasteiger partial charge in [-0.05, 0) is 31.9 Å². The fourth-order valence-electron chi connectivity index (χ4n) is 2.28. The molecule has 0 aliphatic carbocycles. The fraction of sp³-hybridized carbons (Fsp3) is 0.588. The summed E-state index contributed by atoms with van der Waals surface area (Å²) < 4.78 is 0. The van der Waals surface area contributed by atoms with Crippen molar-refractivity contribution in [2.24, 2.45) is 5.73 Å². The molecule has 3 N–H and O–H groups in total. The van der Waals surface area contributed by atoms with Crippen molar-refractivity contribution in [3.8, 4) is 0 Å². The quantitative estimate of drug-likeness (QED) is 0.651. The number of para-hydroxylation sites is 1. The molecule has 4 nitrogen and oxygen atoms in total. The third-order valence-corrected chi connectivity index (χ3v) is 3.61. The smallest absolute Gasteiger partial charge is 0.236 e. The summed E-state index contributed by atoms with van der Waals surface area (Å²) in [6, 6.07) is 9.99. The van der Waals surface area contributed by atoms with Gasteiger partial charge in [-0.15, -0.1) is 0 Å². The van der Waals surface area contributed by atoms with Crippen LogP contribution in [0.15, 0.2) is 30.3 Å². The van der Waals surface area contributed by atoms with E-state index >= 15 is 0 Å². The Bertz CT molecular complexity index is 394. The normalized spacial score (nSPS) is 12.0. The van der Waals surface area contributed by atoms with Gasteiger partial charge in [0.15, 0.2) is 0 Å². The van der Waals surface area contributed by atoms with Gasteiger partial charge in [0.05, 0.1) is 6.04 Å². The van der Waals surface area contributed by atoms with Crippen LogP contribution in [-0.4, -0.2) is 31.6 Å². The molecular formula is C17H29N3O.